The predicted octanol–water partition coefficient (Wildman–Crippen LogP) is 6.13. The highest BCUT2D eigenvalue weighted by molar-refractivity contribution is 5.95. The first-order valence-electron chi connectivity index (χ1n) is 11.4. The van der Waals surface area contributed by atoms with Gasteiger partial charge >= 0.3 is 0 Å². The zero-order chi connectivity index (χ0) is 21.7. The highest BCUT2D eigenvalue weighted by Gasteiger charge is 2.34. The van der Waals surface area contributed by atoms with E-state index in [0.29, 0.717) is 12.1 Å². The van der Waals surface area contributed by atoms with Gasteiger partial charge in [0.05, 0.1) is 0 Å². The van der Waals surface area contributed by atoms with E-state index in [1.54, 1.807) is 5.57 Å². The van der Waals surface area contributed by atoms with Gasteiger partial charge in [-0.05, 0) is 61.1 Å². The maximum Gasteiger partial charge on any atom is 0.221 e. The summed E-state index contributed by atoms with van der Waals surface area (Å²) in [5.41, 5.74) is 8.08. The maximum atomic E-state index is 11.7. The number of benzene rings is 3. The van der Waals surface area contributed by atoms with Crippen molar-refractivity contribution in [2.45, 2.75) is 44.7 Å². The van der Waals surface area contributed by atoms with Crippen LogP contribution in [0.1, 0.15) is 43.7 Å². The lowest BCUT2D eigenvalue weighted by atomic mass is 9.84. The van der Waals surface area contributed by atoms with Gasteiger partial charge in [0, 0.05) is 41.4 Å². The molecular weight excluding hydrogens is 396 g/mol. The number of nitrogens with one attached hydrogen (secondary N) is 2. The average Bonchev–Trinajstić information content (AvgIpc) is 3.14. The minimum Gasteiger partial charge on any atom is -0.456 e. The standard InChI is InChI=1S/C28H26N2O2/c1-17(31)29-25-8-4-2-6-22(25)18-10-13-24-27(16-18)32-26-9-5-3-7-23(26)28(24)19-14-20-11-12-21(15-19)30-20/h2-10,13,16,20-21,30H,11-12,14-15H2,1H3,(H,29,31). The fourth-order valence-electron chi connectivity index (χ4n) is 5.53. The van der Waals surface area contributed by atoms with Crippen molar-refractivity contribution in [2.24, 2.45) is 0 Å². The highest BCUT2D eigenvalue weighted by Crippen LogP contribution is 2.49. The number of piperidine rings is 1. The molecule has 6 rings (SSSR count). The molecule has 160 valence electrons. The van der Waals surface area contributed by atoms with E-state index >= 15 is 0 Å². The molecule has 3 aromatic rings. The normalized spacial score (nSPS) is 20.9. The number of hydrogen-bond acceptors (Lipinski definition) is 3. The van der Waals surface area contributed by atoms with E-state index in [9.17, 15) is 4.79 Å². The third kappa shape index (κ3) is 3.32. The van der Waals surface area contributed by atoms with Crippen molar-refractivity contribution in [3.8, 4) is 22.6 Å². The number of hydrogen-bond donors (Lipinski definition) is 2. The Hall–Kier alpha value is -3.37. The summed E-state index contributed by atoms with van der Waals surface area (Å²) in [5.74, 6) is 1.72. The summed E-state index contributed by atoms with van der Waals surface area (Å²) in [6, 6.07) is 23.9. The summed E-state index contributed by atoms with van der Waals surface area (Å²) in [6.07, 6.45) is 4.75. The molecule has 3 aromatic carbocycles. The van der Waals surface area contributed by atoms with E-state index in [1.165, 1.54) is 36.5 Å². The maximum absolute atomic E-state index is 11.7. The Labute approximate surface area is 188 Å². The molecule has 2 bridgehead atoms. The van der Waals surface area contributed by atoms with Crippen molar-refractivity contribution in [1.82, 2.24) is 5.32 Å². The molecule has 0 spiro atoms. The van der Waals surface area contributed by atoms with E-state index in [1.807, 2.05) is 30.3 Å². The lowest BCUT2D eigenvalue weighted by Gasteiger charge is -2.30. The smallest absolute Gasteiger partial charge is 0.221 e. The van der Waals surface area contributed by atoms with E-state index < -0.39 is 0 Å². The van der Waals surface area contributed by atoms with Crippen LogP contribution in [0.5, 0.6) is 11.5 Å². The quantitative estimate of drug-likeness (QED) is 0.408. The van der Waals surface area contributed by atoms with Crippen LogP contribution in [0.2, 0.25) is 0 Å². The van der Waals surface area contributed by atoms with Gasteiger partial charge in [-0.3, -0.25) is 4.79 Å². The lowest BCUT2D eigenvalue weighted by Crippen LogP contribution is -2.35. The van der Waals surface area contributed by atoms with Crippen LogP contribution < -0.4 is 15.4 Å². The molecule has 4 heteroatoms. The molecule has 3 aliphatic heterocycles. The van der Waals surface area contributed by atoms with Gasteiger partial charge in [0.15, 0.2) is 0 Å². The number of rotatable bonds is 2. The monoisotopic (exact) mass is 422 g/mol. The van der Waals surface area contributed by atoms with Gasteiger partial charge in [0.2, 0.25) is 5.91 Å². The topological polar surface area (TPSA) is 50.4 Å². The number of carbonyl (C=O) groups is 1. The summed E-state index contributed by atoms with van der Waals surface area (Å²) in [4.78, 5) is 11.7. The number of carbonyl (C=O) groups excluding carboxylic acids is 1. The van der Waals surface area contributed by atoms with Crippen molar-refractivity contribution in [3.63, 3.8) is 0 Å². The number of anilines is 1. The fraction of sp³-hybridized carbons (Fsp3) is 0.250. The first-order chi connectivity index (χ1) is 15.7. The van der Waals surface area contributed by atoms with Gasteiger partial charge in [-0.15, -0.1) is 0 Å². The van der Waals surface area contributed by atoms with Crippen LogP contribution in [0.25, 0.3) is 16.7 Å². The number of amides is 1. The second kappa shape index (κ2) is 7.64. The largest absolute Gasteiger partial charge is 0.456 e. The highest BCUT2D eigenvalue weighted by atomic mass is 16.5. The van der Waals surface area contributed by atoms with E-state index in [4.69, 9.17) is 4.74 Å². The Kier molecular flexibility index (Phi) is 4.62. The van der Waals surface area contributed by atoms with Gasteiger partial charge in [-0.1, -0.05) is 48.0 Å². The molecule has 0 aliphatic carbocycles. The van der Waals surface area contributed by atoms with Crippen LogP contribution in [0.15, 0.2) is 72.3 Å². The van der Waals surface area contributed by atoms with Gasteiger partial charge in [-0.2, -0.15) is 0 Å². The first kappa shape index (κ1) is 19.3. The molecule has 0 radical (unpaired) electrons. The second-order valence-corrected chi connectivity index (χ2v) is 9.06. The molecule has 1 amide bonds. The predicted molar refractivity (Wildman–Crippen MR) is 128 cm³/mol. The fourth-order valence-corrected chi connectivity index (χ4v) is 5.53. The minimum atomic E-state index is -0.0758. The van der Waals surface area contributed by atoms with Gasteiger partial charge in [0.25, 0.3) is 0 Å². The molecule has 0 aromatic heterocycles. The molecule has 2 unspecified atom stereocenters. The summed E-state index contributed by atoms with van der Waals surface area (Å²) >= 11 is 0. The number of fused-ring (bicyclic) bond motifs is 4. The number of ether oxygens (including phenoxy) is 1. The molecule has 2 fully saturated rings. The Balaban J connectivity index is 1.49. The van der Waals surface area contributed by atoms with Crippen LogP contribution in [-0.4, -0.2) is 18.0 Å². The third-order valence-electron chi connectivity index (χ3n) is 6.85. The summed E-state index contributed by atoms with van der Waals surface area (Å²) < 4.78 is 6.41. The third-order valence-corrected chi connectivity index (χ3v) is 6.85. The van der Waals surface area contributed by atoms with Crippen LogP contribution in [0, 0.1) is 0 Å². The van der Waals surface area contributed by atoms with Gasteiger partial charge in [0.1, 0.15) is 11.5 Å². The van der Waals surface area contributed by atoms with Crippen LogP contribution in [0.4, 0.5) is 5.69 Å². The molecule has 3 heterocycles. The molecule has 2 atom stereocenters. The number of para-hydroxylation sites is 2. The van der Waals surface area contributed by atoms with Crippen molar-refractivity contribution in [3.05, 3.63) is 83.4 Å². The SMILES string of the molecule is CC(=O)Nc1ccccc1-c1ccc2c(c1)Oc1ccccc1C2=C1CC2CCC(C1)N2. The lowest BCUT2D eigenvalue weighted by molar-refractivity contribution is -0.114. The molecule has 3 aliphatic rings. The molecule has 0 saturated carbocycles. The van der Waals surface area contributed by atoms with Crippen LogP contribution >= 0.6 is 0 Å². The summed E-state index contributed by atoms with van der Waals surface area (Å²) in [6.45, 7) is 1.54. The summed E-state index contributed by atoms with van der Waals surface area (Å²) in [7, 11) is 0. The van der Waals surface area contributed by atoms with Gasteiger partial charge < -0.3 is 15.4 Å². The summed E-state index contributed by atoms with van der Waals surface area (Å²) in [5, 5.41) is 6.71. The average molecular weight is 423 g/mol. The Bertz CT molecular complexity index is 1250. The zero-order valence-corrected chi connectivity index (χ0v) is 18.2. The molecule has 2 saturated heterocycles. The molecule has 2 N–H and O–H groups in total. The van der Waals surface area contributed by atoms with E-state index in [0.717, 1.165) is 41.2 Å². The Morgan fingerprint density at radius 3 is 2.34 bits per heavy atom. The van der Waals surface area contributed by atoms with Crippen LogP contribution in [-0.2, 0) is 4.79 Å². The van der Waals surface area contributed by atoms with Crippen molar-refractivity contribution < 1.29 is 9.53 Å². The first-order valence-corrected chi connectivity index (χ1v) is 11.4. The van der Waals surface area contributed by atoms with Gasteiger partial charge in [-0.25, -0.2) is 0 Å². The second-order valence-electron chi connectivity index (χ2n) is 9.06. The van der Waals surface area contributed by atoms with Crippen molar-refractivity contribution >= 4 is 17.2 Å². The van der Waals surface area contributed by atoms with Crippen molar-refractivity contribution in [2.75, 3.05) is 5.32 Å². The minimum absolute atomic E-state index is 0.0758. The van der Waals surface area contributed by atoms with Crippen molar-refractivity contribution in [1.29, 1.82) is 0 Å². The molecule has 4 nitrogen and oxygen atoms in total. The molecule has 32 heavy (non-hydrogen) atoms. The Morgan fingerprint density at radius 2 is 1.56 bits per heavy atom. The van der Waals surface area contributed by atoms with E-state index in [2.05, 4.69) is 47.0 Å². The van der Waals surface area contributed by atoms with Crippen LogP contribution in [0.3, 0.4) is 0 Å². The molecular formula is C28H26N2O2. The van der Waals surface area contributed by atoms with E-state index in [-0.39, 0.29) is 5.91 Å². The Morgan fingerprint density at radius 1 is 0.875 bits per heavy atom. The zero-order valence-electron chi connectivity index (χ0n) is 18.2.